The zero-order valence-electron chi connectivity index (χ0n) is 12.8. The maximum Gasteiger partial charge on any atom is 0.287 e. The van der Waals surface area contributed by atoms with Crippen molar-refractivity contribution in [2.45, 2.75) is 37.8 Å². The molecule has 5 nitrogen and oxygen atoms in total. The van der Waals surface area contributed by atoms with E-state index in [1.807, 2.05) is 0 Å². The summed E-state index contributed by atoms with van der Waals surface area (Å²) >= 11 is 0. The Labute approximate surface area is 126 Å². The van der Waals surface area contributed by atoms with E-state index in [1.165, 1.54) is 32.5 Å². The largest absolute Gasteiger partial charge is 0.459 e. The Hall–Kier alpha value is -1.33. The van der Waals surface area contributed by atoms with Gasteiger partial charge in [0.2, 0.25) is 0 Å². The second kappa shape index (κ2) is 6.62. The van der Waals surface area contributed by atoms with E-state index in [9.17, 15) is 4.79 Å². The normalized spacial score (nSPS) is 25.9. The minimum atomic E-state index is -0.0878. The van der Waals surface area contributed by atoms with Gasteiger partial charge in [0.05, 0.1) is 6.26 Å². The molecule has 3 rings (SSSR count). The van der Waals surface area contributed by atoms with Crippen molar-refractivity contribution in [1.29, 1.82) is 0 Å². The van der Waals surface area contributed by atoms with Crippen LogP contribution in [0.15, 0.2) is 22.8 Å². The summed E-state index contributed by atoms with van der Waals surface area (Å²) in [6, 6.07) is 4.40. The van der Waals surface area contributed by atoms with E-state index >= 15 is 0 Å². The molecule has 1 atom stereocenters. The molecule has 2 saturated heterocycles. The van der Waals surface area contributed by atoms with Gasteiger partial charge in [0.25, 0.3) is 5.91 Å². The van der Waals surface area contributed by atoms with E-state index in [0.29, 0.717) is 11.8 Å². The number of carbonyl (C=O) groups excluding carboxylic acids is 1. The third-order valence-corrected chi connectivity index (χ3v) is 4.74. The van der Waals surface area contributed by atoms with E-state index in [0.717, 1.165) is 19.4 Å². The van der Waals surface area contributed by atoms with Gasteiger partial charge in [-0.3, -0.25) is 9.69 Å². The third kappa shape index (κ3) is 3.66. The summed E-state index contributed by atoms with van der Waals surface area (Å²) in [5, 5.41) is 3.11. The lowest BCUT2D eigenvalue weighted by Crippen LogP contribution is -2.53. The molecule has 1 unspecified atom stereocenters. The van der Waals surface area contributed by atoms with Crippen LogP contribution >= 0.6 is 0 Å². The average Bonchev–Trinajstić information content (AvgIpc) is 3.02. The van der Waals surface area contributed by atoms with Crippen molar-refractivity contribution in [3.8, 4) is 0 Å². The van der Waals surface area contributed by atoms with Crippen LogP contribution in [0.2, 0.25) is 0 Å². The number of furan rings is 1. The van der Waals surface area contributed by atoms with E-state index < -0.39 is 0 Å². The first-order valence-corrected chi connectivity index (χ1v) is 7.99. The van der Waals surface area contributed by atoms with Gasteiger partial charge in [0, 0.05) is 18.6 Å². The van der Waals surface area contributed by atoms with E-state index in [4.69, 9.17) is 4.42 Å². The molecule has 2 fully saturated rings. The van der Waals surface area contributed by atoms with Crippen LogP contribution in [0.1, 0.15) is 36.2 Å². The molecule has 1 aromatic heterocycles. The molecule has 0 aliphatic carbocycles. The fourth-order valence-corrected chi connectivity index (χ4v) is 3.48. The van der Waals surface area contributed by atoms with Gasteiger partial charge < -0.3 is 14.6 Å². The second-order valence-corrected chi connectivity index (χ2v) is 6.32. The van der Waals surface area contributed by atoms with Crippen molar-refractivity contribution in [3.05, 3.63) is 24.2 Å². The van der Waals surface area contributed by atoms with Crippen LogP contribution in [0.3, 0.4) is 0 Å². The molecule has 5 heteroatoms. The van der Waals surface area contributed by atoms with E-state index in [-0.39, 0.29) is 11.9 Å². The highest BCUT2D eigenvalue weighted by Gasteiger charge is 2.29. The molecule has 0 aromatic carbocycles. The second-order valence-electron chi connectivity index (χ2n) is 6.32. The van der Waals surface area contributed by atoms with Crippen molar-refractivity contribution in [2.24, 2.45) is 0 Å². The van der Waals surface area contributed by atoms with Gasteiger partial charge in [0.1, 0.15) is 0 Å². The number of nitrogens with one attached hydrogen (secondary N) is 1. The Balaban J connectivity index is 1.52. The molecule has 0 saturated carbocycles. The Morgan fingerprint density at radius 3 is 2.81 bits per heavy atom. The number of hydrogen-bond donors (Lipinski definition) is 1. The van der Waals surface area contributed by atoms with Gasteiger partial charge in [-0.05, 0) is 64.5 Å². The van der Waals surface area contributed by atoms with Gasteiger partial charge in [-0.25, -0.2) is 0 Å². The van der Waals surface area contributed by atoms with E-state index in [1.54, 1.807) is 18.4 Å². The van der Waals surface area contributed by atoms with Crippen molar-refractivity contribution in [1.82, 2.24) is 15.1 Å². The number of amides is 1. The minimum absolute atomic E-state index is 0.0878. The summed E-state index contributed by atoms with van der Waals surface area (Å²) in [7, 11) is 2.19. The summed E-state index contributed by atoms with van der Waals surface area (Å²) in [6.45, 7) is 4.51. The maximum atomic E-state index is 12.1. The highest BCUT2D eigenvalue weighted by Crippen LogP contribution is 2.20. The van der Waals surface area contributed by atoms with Crippen molar-refractivity contribution < 1.29 is 9.21 Å². The van der Waals surface area contributed by atoms with Crippen LogP contribution in [0.5, 0.6) is 0 Å². The first-order chi connectivity index (χ1) is 10.2. The highest BCUT2D eigenvalue weighted by atomic mass is 16.3. The predicted molar refractivity (Wildman–Crippen MR) is 81.3 cm³/mol. The Morgan fingerprint density at radius 1 is 1.29 bits per heavy atom. The molecular formula is C16H25N3O2. The molecule has 0 spiro atoms. The summed E-state index contributed by atoms with van der Waals surface area (Å²) in [5.74, 6) is 0.321. The molecule has 2 aliphatic rings. The Kier molecular flexibility index (Phi) is 4.60. The molecule has 21 heavy (non-hydrogen) atoms. The summed E-state index contributed by atoms with van der Waals surface area (Å²) in [6.07, 6.45) is 6.26. The van der Waals surface area contributed by atoms with Gasteiger partial charge in [-0.15, -0.1) is 0 Å². The lowest BCUT2D eigenvalue weighted by atomic mass is 9.98. The predicted octanol–water partition coefficient (Wildman–Crippen LogP) is 1.57. The van der Waals surface area contributed by atoms with Gasteiger partial charge in [-0.2, -0.15) is 0 Å². The number of hydrogen-bond acceptors (Lipinski definition) is 4. The summed E-state index contributed by atoms with van der Waals surface area (Å²) in [5.41, 5.74) is 0. The van der Waals surface area contributed by atoms with Gasteiger partial charge in [0.15, 0.2) is 5.76 Å². The van der Waals surface area contributed by atoms with Crippen LogP contribution in [0.4, 0.5) is 0 Å². The van der Waals surface area contributed by atoms with Crippen LogP contribution in [-0.2, 0) is 0 Å². The lowest BCUT2D eigenvalue weighted by Gasteiger charge is -2.41. The summed E-state index contributed by atoms with van der Waals surface area (Å²) < 4.78 is 5.16. The van der Waals surface area contributed by atoms with Gasteiger partial charge in [-0.1, -0.05) is 0 Å². The number of nitrogens with zero attached hydrogens (tertiary/aromatic N) is 2. The molecule has 2 aliphatic heterocycles. The molecule has 1 amide bonds. The minimum Gasteiger partial charge on any atom is -0.459 e. The molecule has 116 valence electrons. The fraction of sp³-hybridized carbons (Fsp3) is 0.688. The third-order valence-electron chi connectivity index (χ3n) is 4.74. The van der Waals surface area contributed by atoms with Crippen molar-refractivity contribution in [3.63, 3.8) is 0 Å². The Morgan fingerprint density at radius 2 is 2.10 bits per heavy atom. The SMILES string of the molecule is CN1CCC(N2CCCC(NC(=O)c3ccco3)C2)CC1. The molecular weight excluding hydrogens is 266 g/mol. The topological polar surface area (TPSA) is 48.7 Å². The number of carbonyl (C=O) groups is 1. The fourth-order valence-electron chi connectivity index (χ4n) is 3.48. The van der Waals surface area contributed by atoms with Crippen LogP contribution in [-0.4, -0.2) is 61.0 Å². The molecule has 1 aromatic rings. The molecule has 1 N–H and O–H groups in total. The van der Waals surface area contributed by atoms with Crippen molar-refractivity contribution in [2.75, 3.05) is 33.2 Å². The number of rotatable bonds is 3. The summed E-state index contributed by atoms with van der Waals surface area (Å²) in [4.78, 5) is 17.0. The van der Waals surface area contributed by atoms with Crippen LogP contribution in [0, 0.1) is 0 Å². The van der Waals surface area contributed by atoms with E-state index in [2.05, 4.69) is 22.2 Å². The number of likely N-dealkylation sites (tertiary alicyclic amines) is 2. The van der Waals surface area contributed by atoms with Crippen LogP contribution < -0.4 is 5.32 Å². The zero-order valence-corrected chi connectivity index (χ0v) is 12.8. The Bertz CT molecular complexity index is 452. The zero-order chi connectivity index (χ0) is 14.7. The molecule has 0 radical (unpaired) electrons. The first-order valence-electron chi connectivity index (χ1n) is 7.99. The highest BCUT2D eigenvalue weighted by molar-refractivity contribution is 5.91. The van der Waals surface area contributed by atoms with Gasteiger partial charge >= 0.3 is 0 Å². The quantitative estimate of drug-likeness (QED) is 0.918. The standard InChI is InChI=1S/C16H25N3O2/c1-18-9-6-14(7-10-18)19-8-2-4-13(12-19)17-16(20)15-5-3-11-21-15/h3,5,11,13-14H,2,4,6-10,12H2,1H3,(H,17,20). The monoisotopic (exact) mass is 291 g/mol. The first kappa shape index (κ1) is 14.6. The number of piperidine rings is 2. The molecule has 0 bridgehead atoms. The lowest BCUT2D eigenvalue weighted by molar-refractivity contribution is 0.0750. The average molecular weight is 291 g/mol. The smallest absolute Gasteiger partial charge is 0.287 e. The van der Waals surface area contributed by atoms with Crippen molar-refractivity contribution >= 4 is 5.91 Å². The molecule has 3 heterocycles. The van der Waals surface area contributed by atoms with Crippen LogP contribution in [0.25, 0.3) is 0 Å². The maximum absolute atomic E-state index is 12.1.